The summed E-state index contributed by atoms with van der Waals surface area (Å²) in [5, 5.41) is 34.3. The Balaban J connectivity index is 3.10. The van der Waals surface area contributed by atoms with Gasteiger partial charge in [-0.15, -0.1) is 0 Å². The van der Waals surface area contributed by atoms with Crippen molar-refractivity contribution in [2.45, 2.75) is 76.5 Å². The molecule has 0 spiro atoms. The fraction of sp³-hybridized carbons (Fsp3) is 0.591. The van der Waals surface area contributed by atoms with E-state index in [2.05, 4.69) is 25.9 Å². The van der Waals surface area contributed by atoms with Crippen LogP contribution in [0.25, 0.3) is 0 Å². The summed E-state index contributed by atoms with van der Waals surface area (Å²) in [5.41, 5.74) is 6.32. The summed E-state index contributed by atoms with van der Waals surface area (Å²) in [6, 6.07) is -5.22. The Bertz CT molecular complexity index is 952. The van der Waals surface area contributed by atoms with Crippen LogP contribution in [0.1, 0.15) is 51.6 Å². The van der Waals surface area contributed by atoms with Gasteiger partial charge >= 0.3 is 17.9 Å². The Labute approximate surface area is 212 Å². The number of rotatable bonds is 17. The van der Waals surface area contributed by atoms with E-state index in [-0.39, 0.29) is 18.8 Å². The molecule has 206 valence electrons. The molecule has 9 N–H and O–H groups in total. The van der Waals surface area contributed by atoms with Crippen molar-refractivity contribution in [3.63, 3.8) is 0 Å². The van der Waals surface area contributed by atoms with Gasteiger partial charge in [0.1, 0.15) is 18.1 Å². The van der Waals surface area contributed by atoms with Crippen LogP contribution in [0.15, 0.2) is 12.5 Å². The lowest BCUT2D eigenvalue weighted by Crippen LogP contribution is -2.58. The number of nitrogens with zero attached hydrogens (tertiary/aromatic N) is 1. The van der Waals surface area contributed by atoms with E-state index in [0.717, 1.165) is 0 Å². The average molecular weight is 527 g/mol. The Morgan fingerprint density at radius 2 is 1.41 bits per heavy atom. The third kappa shape index (κ3) is 11.1. The van der Waals surface area contributed by atoms with Crippen LogP contribution in [-0.4, -0.2) is 85.1 Å². The largest absolute Gasteiger partial charge is 0.481 e. The van der Waals surface area contributed by atoms with Gasteiger partial charge in [0, 0.05) is 31.2 Å². The van der Waals surface area contributed by atoms with E-state index in [0.29, 0.717) is 12.1 Å². The van der Waals surface area contributed by atoms with Gasteiger partial charge in [0.05, 0.1) is 12.4 Å². The minimum Gasteiger partial charge on any atom is -0.481 e. The minimum absolute atomic E-state index is 0.158. The van der Waals surface area contributed by atoms with Crippen molar-refractivity contribution in [1.29, 1.82) is 0 Å². The third-order valence-electron chi connectivity index (χ3n) is 5.71. The van der Waals surface area contributed by atoms with Crippen molar-refractivity contribution in [3.05, 3.63) is 18.2 Å². The first kappa shape index (κ1) is 31.0. The van der Waals surface area contributed by atoms with Gasteiger partial charge in [0.15, 0.2) is 0 Å². The molecule has 5 atom stereocenters. The normalized spacial score (nSPS) is 14.9. The minimum atomic E-state index is -1.54. The highest BCUT2D eigenvalue weighted by Crippen LogP contribution is 2.08. The standard InChI is InChI=1S/C22H34N6O9/c1-3-11(2)18(23)21(35)26-13(4-6-16(29)30)19(33)28-15(8-12-9-24-10-25-12)20(34)27-14(22(36)37)5-7-17(31)32/h9-11,13-15,18H,3-8,23H2,1-2H3,(H,24,25)(H,26,35)(H,27,34)(H,28,33)(H,29,30)(H,31,32)(H,36,37). The molecule has 0 fully saturated rings. The van der Waals surface area contributed by atoms with Crippen LogP contribution in [0, 0.1) is 5.92 Å². The number of amides is 3. The zero-order valence-electron chi connectivity index (χ0n) is 20.6. The molecule has 0 saturated heterocycles. The first-order valence-corrected chi connectivity index (χ1v) is 11.7. The molecule has 1 heterocycles. The van der Waals surface area contributed by atoms with Gasteiger partial charge in [-0.05, 0) is 18.8 Å². The van der Waals surface area contributed by atoms with Crippen LogP contribution in [0.5, 0.6) is 0 Å². The van der Waals surface area contributed by atoms with Crippen molar-refractivity contribution in [1.82, 2.24) is 25.9 Å². The SMILES string of the molecule is CCC(C)C(N)C(=O)NC(CCC(=O)O)C(=O)NC(Cc1cnc[nH]1)C(=O)NC(CCC(=O)O)C(=O)O. The van der Waals surface area contributed by atoms with Crippen LogP contribution in [0.2, 0.25) is 0 Å². The van der Waals surface area contributed by atoms with Crippen LogP contribution in [0.3, 0.4) is 0 Å². The molecule has 3 amide bonds. The van der Waals surface area contributed by atoms with Crippen molar-refractivity contribution < 1.29 is 44.1 Å². The number of H-pyrrole nitrogens is 1. The summed E-state index contributed by atoms with van der Waals surface area (Å²) in [6.45, 7) is 3.57. The number of carbonyl (C=O) groups is 6. The van der Waals surface area contributed by atoms with Gasteiger partial charge in [0.25, 0.3) is 0 Å². The molecule has 0 aliphatic carbocycles. The molecule has 1 rings (SSSR count). The number of imidazole rings is 1. The number of carbonyl (C=O) groups excluding carboxylic acids is 3. The van der Waals surface area contributed by atoms with Crippen LogP contribution >= 0.6 is 0 Å². The molecule has 0 aliphatic rings. The van der Waals surface area contributed by atoms with E-state index in [1.54, 1.807) is 6.92 Å². The zero-order chi connectivity index (χ0) is 28.1. The topological polar surface area (TPSA) is 254 Å². The Hall–Kier alpha value is -4.01. The smallest absolute Gasteiger partial charge is 0.326 e. The molecule has 0 radical (unpaired) electrons. The van der Waals surface area contributed by atoms with Gasteiger partial charge in [-0.1, -0.05) is 20.3 Å². The van der Waals surface area contributed by atoms with Crippen LogP contribution in [-0.2, 0) is 35.2 Å². The Morgan fingerprint density at radius 1 is 0.892 bits per heavy atom. The predicted molar refractivity (Wildman–Crippen MR) is 127 cm³/mol. The van der Waals surface area contributed by atoms with Crippen molar-refractivity contribution >= 4 is 35.6 Å². The molecular formula is C22H34N6O9. The summed E-state index contributed by atoms with van der Waals surface area (Å²) in [4.78, 5) is 78.6. The maximum Gasteiger partial charge on any atom is 0.326 e. The van der Waals surface area contributed by atoms with E-state index in [1.807, 2.05) is 6.92 Å². The molecule has 15 nitrogen and oxygen atoms in total. The number of hydrogen-bond acceptors (Lipinski definition) is 8. The molecule has 1 aromatic heterocycles. The zero-order valence-corrected chi connectivity index (χ0v) is 20.6. The van der Waals surface area contributed by atoms with Crippen molar-refractivity contribution in [2.24, 2.45) is 11.7 Å². The number of carboxylic acids is 3. The molecule has 5 unspecified atom stereocenters. The molecule has 15 heteroatoms. The second-order valence-corrected chi connectivity index (χ2v) is 8.58. The first-order valence-electron chi connectivity index (χ1n) is 11.7. The number of hydrogen-bond donors (Lipinski definition) is 8. The van der Waals surface area contributed by atoms with E-state index in [4.69, 9.17) is 15.9 Å². The summed E-state index contributed by atoms with van der Waals surface area (Å²) in [6.07, 6.45) is 1.44. The van der Waals surface area contributed by atoms with E-state index >= 15 is 0 Å². The van der Waals surface area contributed by atoms with Crippen molar-refractivity contribution in [2.75, 3.05) is 0 Å². The van der Waals surface area contributed by atoms with E-state index in [1.165, 1.54) is 12.5 Å². The number of aromatic amines is 1. The second kappa shape index (κ2) is 15.2. The fourth-order valence-corrected chi connectivity index (χ4v) is 3.21. The maximum absolute atomic E-state index is 13.1. The quantitative estimate of drug-likeness (QED) is 0.117. The van der Waals surface area contributed by atoms with Gasteiger partial charge in [-0.2, -0.15) is 0 Å². The number of carboxylic acid groups (broad SMARTS) is 3. The lowest BCUT2D eigenvalue weighted by Gasteiger charge is -2.25. The van der Waals surface area contributed by atoms with Gasteiger partial charge in [-0.25, -0.2) is 9.78 Å². The second-order valence-electron chi connectivity index (χ2n) is 8.58. The molecule has 37 heavy (non-hydrogen) atoms. The lowest BCUT2D eigenvalue weighted by atomic mass is 9.98. The van der Waals surface area contributed by atoms with Crippen molar-refractivity contribution in [3.8, 4) is 0 Å². The van der Waals surface area contributed by atoms with Gasteiger partial charge in [-0.3, -0.25) is 24.0 Å². The molecule has 0 saturated carbocycles. The van der Waals surface area contributed by atoms with Crippen LogP contribution in [0.4, 0.5) is 0 Å². The summed E-state index contributed by atoms with van der Waals surface area (Å²) in [7, 11) is 0. The average Bonchev–Trinajstić information content (AvgIpc) is 3.35. The Kier molecular flexibility index (Phi) is 12.7. The highest BCUT2D eigenvalue weighted by molar-refractivity contribution is 5.94. The number of aromatic nitrogens is 2. The highest BCUT2D eigenvalue weighted by Gasteiger charge is 2.31. The molecule has 0 aromatic carbocycles. The number of nitrogens with two attached hydrogens (primary N) is 1. The summed E-state index contributed by atoms with van der Waals surface area (Å²) < 4.78 is 0. The lowest BCUT2D eigenvalue weighted by molar-refractivity contribution is -0.143. The summed E-state index contributed by atoms with van der Waals surface area (Å²) >= 11 is 0. The highest BCUT2D eigenvalue weighted by atomic mass is 16.4. The van der Waals surface area contributed by atoms with Gasteiger partial charge < -0.3 is 42.0 Å². The third-order valence-corrected chi connectivity index (χ3v) is 5.71. The van der Waals surface area contributed by atoms with E-state index < -0.39 is 79.1 Å². The molecular weight excluding hydrogens is 492 g/mol. The molecule has 0 bridgehead atoms. The Morgan fingerprint density at radius 3 is 1.89 bits per heavy atom. The predicted octanol–water partition coefficient (Wildman–Crippen LogP) is -1.41. The molecule has 1 aromatic rings. The monoisotopic (exact) mass is 526 g/mol. The number of nitrogens with one attached hydrogen (secondary N) is 4. The summed E-state index contributed by atoms with van der Waals surface area (Å²) in [5.74, 6) is -6.65. The fourth-order valence-electron chi connectivity index (χ4n) is 3.21. The number of aliphatic carboxylic acids is 3. The van der Waals surface area contributed by atoms with E-state index in [9.17, 15) is 33.9 Å². The van der Waals surface area contributed by atoms with Gasteiger partial charge in [0.2, 0.25) is 17.7 Å². The first-order chi connectivity index (χ1) is 17.3. The molecule has 0 aliphatic heterocycles. The maximum atomic E-state index is 13.1. The van der Waals surface area contributed by atoms with Crippen LogP contribution < -0.4 is 21.7 Å².